The highest BCUT2D eigenvalue weighted by atomic mass is 127. The molecule has 5 heteroatoms. The van der Waals surface area contributed by atoms with Crippen molar-refractivity contribution in [1.82, 2.24) is 0 Å². The second-order valence-electron chi connectivity index (χ2n) is 1.81. The monoisotopic (exact) mass is 314 g/mol. The van der Waals surface area contributed by atoms with Gasteiger partial charge < -0.3 is 0 Å². The lowest BCUT2D eigenvalue weighted by molar-refractivity contribution is 0.751. The van der Waals surface area contributed by atoms with E-state index >= 15 is 0 Å². The molecule has 0 saturated carbocycles. The second kappa shape index (κ2) is 3.08. The van der Waals surface area contributed by atoms with Crippen LogP contribution in [0.5, 0.6) is 0 Å². The molecule has 1 heterocycles. The summed E-state index contributed by atoms with van der Waals surface area (Å²) in [5.41, 5.74) is 0. The highest BCUT2D eigenvalue weighted by Crippen LogP contribution is 2.33. The Labute approximate surface area is 80.2 Å². The molecule has 0 aromatic rings. The Bertz CT molecular complexity index is 206. The number of hydrogen-bond acceptors (Lipinski definition) is 3. The minimum Gasteiger partial charge on any atom is -0.274 e. The third kappa shape index (κ3) is 1.45. The van der Waals surface area contributed by atoms with E-state index < -0.39 is 3.55 Å². The van der Waals surface area contributed by atoms with Gasteiger partial charge in [-0.3, -0.25) is 4.99 Å². The summed E-state index contributed by atoms with van der Waals surface area (Å²) in [6, 6.07) is 0. The number of hydrogen-bond donors (Lipinski definition) is 0. The number of alkyl halides is 2. The van der Waals surface area contributed by atoms with Gasteiger partial charge >= 0.3 is 0 Å². The highest BCUT2D eigenvalue weighted by molar-refractivity contribution is 14.1. The minimum atomic E-state index is -0.744. The van der Waals surface area contributed by atoms with Crippen LogP contribution >= 0.6 is 38.5 Å². The zero-order valence-electron chi connectivity index (χ0n) is 4.87. The molecule has 54 valence electrons. The fraction of sp³-hybridized carbons (Fsp3) is 0.400. The van der Waals surface area contributed by atoms with Gasteiger partial charge in [0.2, 0.25) is 3.55 Å². The predicted molar refractivity (Wildman–Crippen MR) is 52.9 cm³/mol. The molecule has 1 aliphatic heterocycles. The first-order chi connectivity index (χ1) is 4.69. The van der Waals surface area contributed by atoms with E-state index in [0.717, 1.165) is 0 Å². The molecule has 0 N–H and O–H groups in total. The summed E-state index contributed by atoms with van der Waals surface area (Å²) in [5, 5.41) is 2.95. The standard InChI is InChI=1S/C5H4BrIN2O/c6-4-5(7,9-10)2-1-3-8-4/h1-4H/t4?,5-/m0/s1. The van der Waals surface area contributed by atoms with Crippen molar-refractivity contribution in [3.63, 3.8) is 0 Å². The Hall–Kier alpha value is 0.220. The molecule has 1 rings (SSSR count). The van der Waals surface area contributed by atoms with Crippen molar-refractivity contribution in [3.05, 3.63) is 17.1 Å². The molecule has 2 atom stereocenters. The van der Waals surface area contributed by atoms with Crippen molar-refractivity contribution >= 4 is 44.7 Å². The fourth-order valence-corrected chi connectivity index (χ4v) is 1.30. The van der Waals surface area contributed by atoms with E-state index in [1.165, 1.54) is 0 Å². The van der Waals surface area contributed by atoms with Gasteiger partial charge in [-0.2, -0.15) is 0 Å². The van der Waals surface area contributed by atoms with E-state index in [-0.39, 0.29) is 4.95 Å². The van der Waals surface area contributed by atoms with Crippen LogP contribution in [0.25, 0.3) is 0 Å². The van der Waals surface area contributed by atoms with E-state index in [0.29, 0.717) is 0 Å². The van der Waals surface area contributed by atoms with Gasteiger partial charge in [0.1, 0.15) is 4.95 Å². The largest absolute Gasteiger partial charge is 0.274 e. The SMILES string of the molecule is O=N[C@@]1(I)C=CC=NC1Br. The summed E-state index contributed by atoms with van der Waals surface area (Å²) in [5.74, 6) is 0. The lowest BCUT2D eigenvalue weighted by atomic mass is 10.2. The third-order valence-electron chi connectivity index (χ3n) is 1.11. The van der Waals surface area contributed by atoms with Gasteiger partial charge in [-0.25, -0.2) is 0 Å². The average molecular weight is 315 g/mol. The molecule has 1 aliphatic rings. The number of aliphatic imine (C=N–C) groups is 1. The van der Waals surface area contributed by atoms with Gasteiger partial charge in [0, 0.05) is 6.21 Å². The molecule has 1 unspecified atom stereocenters. The van der Waals surface area contributed by atoms with Crippen LogP contribution in [0.3, 0.4) is 0 Å². The van der Waals surface area contributed by atoms with E-state index in [1.54, 1.807) is 18.4 Å². The number of rotatable bonds is 1. The van der Waals surface area contributed by atoms with Gasteiger partial charge in [-0.1, -0.05) is 15.9 Å². The highest BCUT2D eigenvalue weighted by Gasteiger charge is 2.34. The van der Waals surface area contributed by atoms with Crippen LogP contribution in [0.2, 0.25) is 0 Å². The first-order valence-electron chi connectivity index (χ1n) is 2.57. The smallest absolute Gasteiger partial charge is 0.203 e. The second-order valence-corrected chi connectivity index (χ2v) is 4.41. The Morgan fingerprint density at radius 3 is 2.90 bits per heavy atom. The molecule has 3 nitrogen and oxygen atoms in total. The lowest BCUT2D eigenvalue weighted by Gasteiger charge is -2.19. The summed E-state index contributed by atoms with van der Waals surface area (Å²) >= 11 is 5.17. The predicted octanol–water partition coefficient (Wildman–Crippen LogP) is 2.25. The summed E-state index contributed by atoms with van der Waals surface area (Å²) in [4.78, 5) is 14.0. The summed E-state index contributed by atoms with van der Waals surface area (Å²) < 4.78 is -0.744. The lowest BCUT2D eigenvalue weighted by Crippen LogP contribution is -2.27. The molecule has 0 aliphatic carbocycles. The van der Waals surface area contributed by atoms with Gasteiger partial charge in [-0.05, 0) is 39.9 Å². The Kier molecular flexibility index (Phi) is 2.56. The molecule has 0 amide bonds. The van der Waals surface area contributed by atoms with Crippen LogP contribution < -0.4 is 0 Å². The topological polar surface area (TPSA) is 41.8 Å². The molecule has 0 bridgehead atoms. The van der Waals surface area contributed by atoms with Crippen LogP contribution in [0.4, 0.5) is 0 Å². The first kappa shape index (κ1) is 8.32. The van der Waals surface area contributed by atoms with Crippen LogP contribution in [-0.4, -0.2) is 14.7 Å². The van der Waals surface area contributed by atoms with Crippen molar-refractivity contribution in [3.8, 4) is 0 Å². The summed E-state index contributed by atoms with van der Waals surface area (Å²) in [7, 11) is 0. The first-order valence-corrected chi connectivity index (χ1v) is 4.57. The number of nitroso groups, excluding NO2 is 1. The number of dihydropyridines is 1. The van der Waals surface area contributed by atoms with E-state index in [4.69, 9.17) is 0 Å². The minimum absolute atomic E-state index is 0.233. The maximum atomic E-state index is 10.3. The van der Waals surface area contributed by atoms with Gasteiger partial charge in [0.15, 0.2) is 0 Å². The molecular weight excluding hydrogens is 311 g/mol. The Morgan fingerprint density at radius 2 is 2.50 bits per heavy atom. The molecule has 0 radical (unpaired) electrons. The number of halogens is 2. The van der Waals surface area contributed by atoms with Gasteiger partial charge in [0.25, 0.3) is 0 Å². The summed E-state index contributed by atoms with van der Waals surface area (Å²) in [6.45, 7) is 0. The van der Waals surface area contributed by atoms with Crippen molar-refractivity contribution in [1.29, 1.82) is 0 Å². The van der Waals surface area contributed by atoms with Crippen LogP contribution in [0.15, 0.2) is 22.3 Å². The van der Waals surface area contributed by atoms with E-state index in [1.807, 2.05) is 22.6 Å². The maximum Gasteiger partial charge on any atom is 0.203 e. The number of nitrogens with zero attached hydrogens (tertiary/aromatic N) is 2. The van der Waals surface area contributed by atoms with Crippen molar-refractivity contribution in [2.45, 2.75) is 8.50 Å². The van der Waals surface area contributed by atoms with Crippen molar-refractivity contribution in [2.24, 2.45) is 10.2 Å². The molecule has 0 saturated heterocycles. The molecular formula is C5H4BrIN2O. The van der Waals surface area contributed by atoms with Gasteiger partial charge in [-0.15, -0.1) is 4.91 Å². The van der Waals surface area contributed by atoms with E-state index in [9.17, 15) is 4.91 Å². The van der Waals surface area contributed by atoms with Crippen LogP contribution in [0.1, 0.15) is 0 Å². The molecule has 0 aromatic heterocycles. The zero-order chi connectivity index (χ0) is 7.61. The van der Waals surface area contributed by atoms with Gasteiger partial charge in [0.05, 0.1) is 0 Å². The third-order valence-corrected chi connectivity index (χ3v) is 4.04. The van der Waals surface area contributed by atoms with Crippen LogP contribution in [-0.2, 0) is 0 Å². The molecule has 0 spiro atoms. The Balaban J connectivity index is 2.87. The van der Waals surface area contributed by atoms with E-state index in [2.05, 4.69) is 26.1 Å². The normalized spacial score (nSPS) is 38.0. The quantitative estimate of drug-likeness (QED) is 0.317. The molecule has 0 fully saturated rings. The van der Waals surface area contributed by atoms with Crippen molar-refractivity contribution in [2.75, 3.05) is 0 Å². The van der Waals surface area contributed by atoms with Crippen molar-refractivity contribution < 1.29 is 0 Å². The fourth-order valence-electron chi connectivity index (χ4n) is 0.561. The average Bonchev–Trinajstić information content (AvgIpc) is 1.96. The summed E-state index contributed by atoms with van der Waals surface area (Å²) in [6.07, 6.45) is 5.07. The molecule has 10 heavy (non-hydrogen) atoms. The molecule has 0 aromatic carbocycles. The van der Waals surface area contributed by atoms with Crippen LogP contribution in [0, 0.1) is 4.91 Å². The zero-order valence-corrected chi connectivity index (χ0v) is 8.61. The maximum absolute atomic E-state index is 10.3. The Morgan fingerprint density at radius 1 is 1.80 bits per heavy atom. The number of allylic oxidation sites excluding steroid dienone is 1.